The van der Waals surface area contributed by atoms with Crippen LogP contribution in [0.15, 0.2) is 47.1 Å². The highest BCUT2D eigenvalue weighted by Gasteiger charge is 2.43. The number of thiocarbonyl (C=S) groups is 1. The van der Waals surface area contributed by atoms with Gasteiger partial charge in [-0.3, -0.25) is 4.79 Å². The van der Waals surface area contributed by atoms with Crippen LogP contribution in [0.1, 0.15) is 38.2 Å². The number of ketones is 1. The van der Waals surface area contributed by atoms with Crippen molar-refractivity contribution in [3.63, 3.8) is 0 Å². The van der Waals surface area contributed by atoms with Crippen LogP contribution in [0, 0.1) is 11.2 Å². The van der Waals surface area contributed by atoms with Crippen LogP contribution in [0.25, 0.3) is 0 Å². The van der Waals surface area contributed by atoms with Gasteiger partial charge in [0, 0.05) is 24.3 Å². The zero-order chi connectivity index (χ0) is 17.6. The van der Waals surface area contributed by atoms with E-state index >= 15 is 0 Å². The van der Waals surface area contributed by atoms with Gasteiger partial charge in [-0.25, -0.2) is 4.39 Å². The molecule has 1 aromatic rings. The molecule has 24 heavy (non-hydrogen) atoms. The van der Waals surface area contributed by atoms with Gasteiger partial charge in [0.05, 0.1) is 5.57 Å². The molecule has 0 bridgehead atoms. The van der Waals surface area contributed by atoms with Gasteiger partial charge in [0.2, 0.25) is 0 Å². The minimum Gasteiger partial charge on any atom is -0.445 e. The molecule has 4 N–H and O–H groups in total. The summed E-state index contributed by atoms with van der Waals surface area (Å²) in [6, 6.07) is 5.92. The molecular formula is C18H19FN2O2S. The van der Waals surface area contributed by atoms with E-state index in [1.54, 1.807) is 12.1 Å². The van der Waals surface area contributed by atoms with Crippen LogP contribution in [0.3, 0.4) is 0 Å². The van der Waals surface area contributed by atoms with Crippen LogP contribution in [-0.4, -0.2) is 10.8 Å². The number of ether oxygens (including phenoxy) is 1. The number of benzene rings is 1. The Morgan fingerprint density at radius 2 is 1.92 bits per heavy atom. The Hall–Kier alpha value is -2.21. The fourth-order valence-corrected chi connectivity index (χ4v) is 3.64. The summed E-state index contributed by atoms with van der Waals surface area (Å²) < 4.78 is 19.0. The normalized spacial score (nSPS) is 23.0. The summed E-state index contributed by atoms with van der Waals surface area (Å²) in [5, 5.41) is 0. The summed E-state index contributed by atoms with van der Waals surface area (Å²) in [5.41, 5.74) is 13.3. The third-order valence-corrected chi connectivity index (χ3v) is 4.64. The molecule has 2 aliphatic rings. The third-order valence-electron chi connectivity index (χ3n) is 4.42. The second kappa shape index (κ2) is 5.70. The van der Waals surface area contributed by atoms with E-state index in [9.17, 15) is 9.18 Å². The maximum absolute atomic E-state index is 13.3. The zero-order valence-corrected chi connectivity index (χ0v) is 14.4. The van der Waals surface area contributed by atoms with Crippen LogP contribution >= 0.6 is 12.2 Å². The molecule has 1 aliphatic heterocycles. The van der Waals surface area contributed by atoms with Crippen molar-refractivity contribution in [3.05, 3.63) is 58.4 Å². The number of carbonyl (C=O) groups excluding carboxylic acids is 1. The van der Waals surface area contributed by atoms with Crippen molar-refractivity contribution >= 4 is 23.0 Å². The quantitative estimate of drug-likeness (QED) is 0.805. The van der Waals surface area contributed by atoms with Gasteiger partial charge in [0.25, 0.3) is 0 Å². The fraction of sp³-hybridized carbons (Fsp3) is 0.333. The number of hydrogen-bond acceptors (Lipinski definition) is 4. The van der Waals surface area contributed by atoms with E-state index < -0.39 is 5.92 Å². The Bertz CT molecular complexity index is 794. The monoisotopic (exact) mass is 346 g/mol. The first-order chi connectivity index (χ1) is 11.2. The number of halogens is 1. The average molecular weight is 346 g/mol. The van der Waals surface area contributed by atoms with Gasteiger partial charge in [-0.1, -0.05) is 38.2 Å². The maximum Gasteiger partial charge on any atom is 0.197 e. The van der Waals surface area contributed by atoms with Crippen LogP contribution in [0.4, 0.5) is 4.39 Å². The van der Waals surface area contributed by atoms with Crippen LogP contribution in [0.2, 0.25) is 0 Å². The largest absolute Gasteiger partial charge is 0.445 e. The highest BCUT2D eigenvalue weighted by Crippen LogP contribution is 2.47. The average Bonchev–Trinajstić information content (AvgIpc) is 2.44. The molecule has 1 atom stereocenters. The Kier molecular flexibility index (Phi) is 3.95. The van der Waals surface area contributed by atoms with Crippen molar-refractivity contribution in [2.45, 2.75) is 32.6 Å². The van der Waals surface area contributed by atoms with Crippen LogP contribution in [0.5, 0.6) is 0 Å². The molecule has 1 unspecified atom stereocenters. The minimum atomic E-state index is -0.518. The summed E-state index contributed by atoms with van der Waals surface area (Å²) in [6.07, 6.45) is 0.995. The zero-order valence-electron chi connectivity index (χ0n) is 13.6. The Balaban J connectivity index is 2.19. The lowest BCUT2D eigenvalue weighted by atomic mass is 9.70. The second-order valence-corrected chi connectivity index (χ2v) is 7.45. The molecule has 0 spiro atoms. The molecule has 0 saturated heterocycles. The molecule has 6 heteroatoms. The van der Waals surface area contributed by atoms with Gasteiger partial charge in [-0.05, 0) is 23.1 Å². The molecule has 0 aromatic heterocycles. The molecule has 0 saturated carbocycles. The Morgan fingerprint density at radius 1 is 1.29 bits per heavy atom. The number of rotatable bonds is 2. The number of carbonyl (C=O) groups is 1. The fourth-order valence-electron chi connectivity index (χ4n) is 3.42. The van der Waals surface area contributed by atoms with E-state index in [1.807, 2.05) is 13.8 Å². The minimum absolute atomic E-state index is 0.0168. The van der Waals surface area contributed by atoms with Crippen LogP contribution < -0.4 is 11.5 Å². The lowest BCUT2D eigenvalue weighted by Gasteiger charge is -2.38. The van der Waals surface area contributed by atoms with Crippen molar-refractivity contribution in [3.8, 4) is 0 Å². The predicted molar refractivity (Wildman–Crippen MR) is 93.3 cm³/mol. The molecule has 0 amide bonds. The molecular weight excluding hydrogens is 327 g/mol. The van der Waals surface area contributed by atoms with Gasteiger partial charge in [-0.15, -0.1) is 0 Å². The third kappa shape index (κ3) is 2.82. The van der Waals surface area contributed by atoms with Gasteiger partial charge < -0.3 is 16.2 Å². The van der Waals surface area contributed by atoms with E-state index in [0.717, 1.165) is 0 Å². The molecule has 1 aliphatic carbocycles. The topological polar surface area (TPSA) is 78.3 Å². The predicted octanol–water partition coefficient (Wildman–Crippen LogP) is 3.04. The standard InChI is InChI=1S/C18H19FN2O2S/c1-18(2)7-11(22)14-12(8-18)23-16(20)15(17(21)24)13(14)9-3-5-10(19)6-4-9/h3-6,13H,7-8,20H2,1-2H3,(H2,21,24). The summed E-state index contributed by atoms with van der Waals surface area (Å²) in [6.45, 7) is 4.02. The SMILES string of the molecule is CC1(C)CC(=O)C2=C(C1)OC(N)=C(C(N)=S)C2c1ccc(F)cc1. The number of nitrogens with two attached hydrogens (primary N) is 2. The van der Waals surface area contributed by atoms with Gasteiger partial charge >= 0.3 is 0 Å². The molecule has 0 radical (unpaired) electrons. The maximum atomic E-state index is 13.3. The van der Waals surface area contributed by atoms with Gasteiger partial charge in [0.15, 0.2) is 11.7 Å². The first-order valence-corrected chi connectivity index (χ1v) is 8.09. The molecule has 3 rings (SSSR count). The van der Waals surface area contributed by atoms with Crippen molar-refractivity contribution in [1.82, 2.24) is 0 Å². The van der Waals surface area contributed by atoms with Gasteiger partial charge in [0.1, 0.15) is 16.6 Å². The van der Waals surface area contributed by atoms with E-state index in [-0.39, 0.29) is 27.9 Å². The van der Waals surface area contributed by atoms with Crippen molar-refractivity contribution in [1.29, 1.82) is 0 Å². The molecule has 126 valence electrons. The first-order valence-electron chi connectivity index (χ1n) is 7.68. The molecule has 1 aromatic carbocycles. The van der Waals surface area contributed by atoms with E-state index in [4.69, 9.17) is 28.4 Å². The van der Waals surface area contributed by atoms with Gasteiger partial charge in [-0.2, -0.15) is 0 Å². The smallest absolute Gasteiger partial charge is 0.197 e. The summed E-state index contributed by atoms with van der Waals surface area (Å²) in [7, 11) is 0. The Morgan fingerprint density at radius 3 is 2.50 bits per heavy atom. The van der Waals surface area contributed by atoms with Crippen molar-refractivity contribution < 1.29 is 13.9 Å². The lowest BCUT2D eigenvalue weighted by Crippen LogP contribution is -2.36. The summed E-state index contributed by atoms with van der Waals surface area (Å²) >= 11 is 5.12. The van der Waals surface area contributed by atoms with E-state index in [2.05, 4.69) is 0 Å². The second-order valence-electron chi connectivity index (χ2n) is 7.01. The van der Waals surface area contributed by atoms with E-state index in [1.165, 1.54) is 12.1 Å². The van der Waals surface area contributed by atoms with Crippen LogP contribution in [-0.2, 0) is 9.53 Å². The number of hydrogen-bond donors (Lipinski definition) is 2. The summed E-state index contributed by atoms with van der Waals surface area (Å²) in [5.74, 6) is -0.221. The highest BCUT2D eigenvalue weighted by molar-refractivity contribution is 7.80. The number of Topliss-reactive ketones (excluding diaryl/α,β-unsaturated/α-hetero) is 1. The molecule has 4 nitrogen and oxygen atoms in total. The number of allylic oxidation sites excluding steroid dienone is 2. The molecule has 1 heterocycles. The lowest BCUT2D eigenvalue weighted by molar-refractivity contribution is -0.119. The van der Waals surface area contributed by atoms with E-state index in [0.29, 0.717) is 35.3 Å². The van der Waals surface area contributed by atoms with Crippen molar-refractivity contribution in [2.75, 3.05) is 0 Å². The Labute approximate surface area is 145 Å². The molecule has 0 fully saturated rings. The van der Waals surface area contributed by atoms with Crippen molar-refractivity contribution in [2.24, 2.45) is 16.9 Å². The highest BCUT2D eigenvalue weighted by atomic mass is 32.1. The summed E-state index contributed by atoms with van der Waals surface area (Å²) in [4.78, 5) is 12.9. The first kappa shape index (κ1) is 16.6.